The van der Waals surface area contributed by atoms with Crippen LogP contribution in [0.3, 0.4) is 0 Å². The second-order valence-corrected chi connectivity index (χ2v) is 7.23. The standard InChI is InChI=1S/C13H19ClO/c1-12-3-9-2-10(4-12)6-13(5-9,8-12)7-11(14)15/h9-10H,2-8H2,1H3/t9-,10+,12?,13?. The lowest BCUT2D eigenvalue weighted by Gasteiger charge is -2.61. The Balaban J connectivity index is 1.89. The second kappa shape index (κ2) is 3.00. The molecule has 0 radical (unpaired) electrons. The van der Waals surface area contributed by atoms with E-state index in [0.29, 0.717) is 17.3 Å². The van der Waals surface area contributed by atoms with Gasteiger partial charge in [-0.3, -0.25) is 4.79 Å². The molecule has 1 nitrogen and oxygen atoms in total. The molecule has 4 saturated carbocycles. The van der Waals surface area contributed by atoms with Crippen LogP contribution in [-0.2, 0) is 4.79 Å². The van der Waals surface area contributed by atoms with E-state index in [4.69, 9.17) is 11.6 Å². The zero-order valence-electron chi connectivity index (χ0n) is 9.39. The lowest BCUT2D eigenvalue weighted by atomic mass is 9.44. The van der Waals surface area contributed by atoms with Crippen molar-refractivity contribution < 1.29 is 4.79 Å². The fourth-order valence-corrected chi connectivity index (χ4v) is 5.71. The largest absolute Gasteiger partial charge is 0.281 e. The van der Waals surface area contributed by atoms with E-state index in [9.17, 15) is 4.79 Å². The molecule has 0 aromatic carbocycles. The number of carbonyl (C=O) groups excluding carboxylic acids is 1. The molecule has 0 heterocycles. The molecule has 0 amide bonds. The first-order valence-corrected chi connectivity index (χ1v) is 6.55. The number of hydrogen-bond acceptors (Lipinski definition) is 1. The molecule has 0 aliphatic heterocycles. The lowest BCUT2D eigenvalue weighted by Crippen LogP contribution is -2.51. The summed E-state index contributed by atoms with van der Waals surface area (Å²) in [7, 11) is 0. The van der Waals surface area contributed by atoms with E-state index < -0.39 is 0 Å². The minimum atomic E-state index is -0.111. The van der Waals surface area contributed by atoms with Gasteiger partial charge in [0.1, 0.15) is 0 Å². The average molecular weight is 227 g/mol. The number of rotatable bonds is 2. The Labute approximate surface area is 96.6 Å². The van der Waals surface area contributed by atoms with Gasteiger partial charge >= 0.3 is 0 Å². The molecule has 2 heteroatoms. The van der Waals surface area contributed by atoms with Crippen molar-refractivity contribution in [3.8, 4) is 0 Å². The van der Waals surface area contributed by atoms with Crippen molar-refractivity contribution in [2.24, 2.45) is 22.7 Å². The van der Waals surface area contributed by atoms with Gasteiger partial charge in [-0.05, 0) is 72.8 Å². The summed E-state index contributed by atoms with van der Waals surface area (Å²) < 4.78 is 0. The third-order valence-corrected chi connectivity index (χ3v) is 5.12. The number of halogens is 1. The molecule has 2 unspecified atom stereocenters. The molecule has 0 N–H and O–H groups in total. The average Bonchev–Trinajstić information content (AvgIpc) is 1.94. The molecule has 4 bridgehead atoms. The summed E-state index contributed by atoms with van der Waals surface area (Å²) in [4.78, 5) is 11.2. The highest BCUT2D eigenvalue weighted by molar-refractivity contribution is 6.63. The SMILES string of the molecule is CC12C[C@H]3C[C@@H](C1)CC(CC(=O)Cl)(C3)C2. The molecule has 4 fully saturated rings. The Bertz CT molecular complexity index is 296. The minimum Gasteiger partial charge on any atom is -0.281 e. The highest BCUT2D eigenvalue weighted by Crippen LogP contribution is 2.66. The van der Waals surface area contributed by atoms with Gasteiger partial charge in [0, 0.05) is 6.42 Å². The van der Waals surface area contributed by atoms with Crippen LogP contribution in [0.15, 0.2) is 0 Å². The molecule has 4 aliphatic carbocycles. The first-order valence-electron chi connectivity index (χ1n) is 6.17. The van der Waals surface area contributed by atoms with Gasteiger partial charge < -0.3 is 0 Å². The molecule has 84 valence electrons. The lowest BCUT2D eigenvalue weighted by molar-refractivity contribution is -0.128. The first kappa shape index (κ1) is 10.1. The highest BCUT2D eigenvalue weighted by atomic mass is 35.5. The maximum atomic E-state index is 11.2. The molecule has 15 heavy (non-hydrogen) atoms. The Kier molecular flexibility index (Phi) is 2.03. The Morgan fingerprint density at radius 1 is 1.27 bits per heavy atom. The molecule has 4 aliphatic rings. The molecular weight excluding hydrogens is 208 g/mol. The van der Waals surface area contributed by atoms with Crippen molar-refractivity contribution >= 4 is 16.8 Å². The van der Waals surface area contributed by atoms with Crippen molar-refractivity contribution in [2.45, 2.75) is 51.9 Å². The van der Waals surface area contributed by atoms with Crippen molar-refractivity contribution in [3.63, 3.8) is 0 Å². The molecule has 0 aromatic rings. The van der Waals surface area contributed by atoms with E-state index in [-0.39, 0.29) is 5.24 Å². The molecule has 0 aromatic heterocycles. The van der Waals surface area contributed by atoms with Crippen LogP contribution >= 0.6 is 11.6 Å². The number of carbonyl (C=O) groups is 1. The van der Waals surface area contributed by atoms with E-state index in [0.717, 1.165) is 11.8 Å². The highest BCUT2D eigenvalue weighted by Gasteiger charge is 2.55. The Morgan fingerprint density at radius 2 is 1.87 bits per heavy atom. The third-order valence-electron chi connectivity index (χ3n) is 4.99. The van der Waals surface area contributed by atoms with E-state index in [1.807, 2.05) is 0 Å². The zero-order valence-corrected chi connectivity index (χ0v) is 10.1. The molecule has 4 atom stereocenters. The molecule has 0 spiro atoms. The van der Waals surface area contributed by atoms with Crippen LogP contribution in [0.2, 0.25) is 0 Å². The van der Waals surface area contributed by atoms with Crippen LogP contribution in [0.5, 0.6) is 0 Å². The van der Waals surface area contributed by atoms with Gasteiger partial charge in [-0.15, -0.1) is 0 Å². The van der Waals surface area contributed by atoms with Crippen molar-refractivity contribution in [1.82, 2.24) is 0 Å². The van der Waals surface area contributed by atoms with Gasteiger partial charge in [-0.2, -0.15) is 0 Å². The van der Waals surface area contributed by atoms with Crippen molar-refractivity contribution in [2.75, 3.05) is 0 Å². The Morgan fingerprint density at radius 3 is 2.33 bits per heavy atom. The van der Waals surface area contributed by atoms with E-state index in [1.54, 1.807) is 0 Å². The monoisotopic (exact) mass is 226 g/mol. The fraction of sp³-hybridized carbons (Fsp3) is 0.923. The zero-order chi connectivity index (χ0) is 10.7. The maximum absolute atomic E-state index is 11.2. The van der Waals surface area contributed by atoms with E-state index >= 15 is 0 Å². The summed E-state index contributed by atoms with van der Waals surface area (Å²) in [6.07, 6.45) is 8.68. The predicted molar refractivity (Wildman–Crippen MR) is 60.7 cm³/mol. The predicted octanol–water partition coefficient (Wildman–Crippen LogP) is 3.75. The van der Waals surface area contributed by atoms with E-state index in [1.165, 1.54) is 38.5 Å². The van der Waals surface area contributed by atoms with Gasteiger partial charge in [0.25, 0.3) is 0 Å². The second-order valence-electron chi connectivity index (χ2n) is 6.80. The van der Waals surface area contributed by atoms with Crippen LogP contribution < -0.4 is 0 Å². The molecule has 4 rings (SSSR count). The topological polar surface area (TPSA) is 17.1 Å². The summed E-state index contributed by atoms with van der Waals surface area (Å²) in [5.74, 6) is 1.79. The van der Waals surface area contributed by atoms with Crippen LogP contribution in [0.25, 0.3) is 0 Å². The van der Waals surface area contributed by atoms with Gasteiger partial charge in [-0.1, -0.05) is 6.92 Å². The summed E-state index contributed by atoms with van der Waals surface area (Å²) in [6, 6.07) is 0. The normalized spacial score (nSPS) is 52.1. The minimum absolute atomic E-state index is 0.111. The summed E-state index contributed by atoms with van der Waals surface area (Å²) in [5, 5.41) is -0.111. The summed E-state index contributed by atoms with van der Waals surface area (Å²) in [6.45, 7) is 2.43. The van der Waals surface area contributed by atoms with E-state index in [2.05, 4.69) is 6.92 Å². The van der Waals surface area contributed by atoms with Gasteiger partial charge in [0.15, 0.2) is 0 Å². The first-order chi connectivity index (χ1) is 6.99. The maximum Gasteiger partial charge on any atom is 0.222 e. The fourth-order valence-electron chi connectivity index (χ4n) is 5.43. The van der Waals surface area contributed by atoms with Gasteiger partial charge in [-0.25, -0.2) is 0 Å². The Hall–Kier alpha value is -0.0400. The van der Waals surface area contributed by atoms with Crippen LogP contribution in [0.4, 0.5) is 0 Å². The molecule has 0 saturated heterocycles. The van der Waals surface area contributed by atoms with Crippen LogP contribution in [-0.4, -0.2) is 5.24 Å². The van der Waals surface area contributed by atoms with Crippen molar-refractivity contribution in [3.05, 3.63) is 0 Å². The van der Waals surface area contributed by atoms with Crippen LogP contribution in [0.1, 0.15) is 51.9 Å². The van der Waals surface area contributed by atoms with Crippen LogP contribution in [0, 0.1) is 22.7 Å². The summed E-state index contributed by atoms with van der Waals surface area (Å²) >= 11 is 5.62. The third kappa shape index (κ3) is 1.63. The molecular formula is C13H19ClO. The summed E-state index contributed by atoms with van der Waals surface area (Å²) in [5.41, 5.74) is 0.841. The quantitative estimate of drug-likeness (QED) is 0.656. The van der Waals surface area contributed by atoms with Crippen molar-refractivity contribution in [1.29, 1.82) is 0 Å². The smallest absolute Gasteiger partial charge is 0.222 e. The van der Waals surface area contributed by atoms with Gasteiger partial charge in [0.2, 0.25) is 5.24 Å². The van der Waals surface area contributed by atoms with Gasteiger partial charge in [0.05, 0.1) is 0 Å². The number of hydrogen-bond donors (Lipinski definition) is 0.